The Morgan fingerprint density at radius 3 is 2.86 bits per heavy atom. The molecule has 22 heavy (non-hydrogen) atoms. The summed E-state index contributed by atoms with van der Waals surface area (Å²) in [7, 11) is 0. The number of allylic oxidation sites excluding steroid dienone is 2. The van der Waals surface area contributed by atoms with Gasteiger partial charge in [0.1, 0.15) is 11.5 Å². The van der Waals surface area contributed by atoms with E-state index in [4.69, 9.17) is 29.6 Å². The van der Waals surface area contributed by atoms with Crippen molar-refractivity contribution in [1.29, 1.82) is 0 Å². The Morgan fingerprint density at radius 1 is 1.45 bits per heavy atom. The van der Waals surface area contributed by atoms with Crippen LogP contribution in [0.1, 0.15) is 18.9 Å². The first-order valence-corrected chi connectivity index (χ1v) is 7.90. The summed E-state index contributed by atoms with van der Waals surface area (Å²) >= 11 is 11.1. The van der Waals surface area contributed by atoms with Gasteiger partial charge in [-0.1, -0.05) is 30.7 Å². The molecule has 1 aliphatic rings. The van der Waals surface area contributed by atoms with Crippen LogP contribution in [0, 0.1) is 5.82 Å². The monoisotopic (exact) mass is 339 g/mol. The van der Waals surface area contributed by atoms with Gasteiger partial charge in [0.25, 0.3) is 0 Å². The molecule has 0 saturated heterocycles. The molecule has 0 bridgehead atoms. The van der Waals surface area contributed by atoms with Crippen molar-refractivity contribution in [2.24, 2.45) is 5.73 Å². The quantitative estimate of drug-likeness (QED) is 0.807. The third-order valence-electron chi connectivity index (χ3n) is 3.80. The fraction of sp³-hybridized carbons (Fsp3) is 0.312. The summed E-state index contributed by atoms with van der Waals surface area (Å²) in [5, 5.41) is 3.81. The molecule has 0 aliphatic carbocycles. The molecule has 1 heterocycles. The van der Waals surface area contributed by atoms with E-state index in [1.807, 2.05) is 31.4 Å². The first kappa shape index (κ1) is 16.8. The SMILES string of the molecule is CCC1(NC(N)=S)C=CC=CN1CCc1c(F)cccc1Cl. The van der Waals surface area contributed by atoms with Crippen molar-refractivity contribution in [3.63, 3.8) is 0 Å². The molecule has 6 heteroatoms. The Labute approximate surface area is 140 Å². The van der Waals surface area contributed by atoms with Crippen LogP contribution in [0.15, 0.2) is 42.6 Å². The van der Waals surface area contributed by atoms with E-state index >= 15 is 0 Å². The van der Waals surface area contributed by atoms with Gasteiger partial charge in [-0.15, -0.1) is 0 Å². The van der Waals surface area contributed by atoms with Gasteiger partial charge in [-0.05, 0) is 49.3 Å². The molecule has 0 spiro atoms. The number of benzene rings is 1. The van der Waals surface area contributed by atoms with Crippen molar-refractivity contribution in [2.75, 3.05) is 6.54 Å². The van der Waals surface area contributed by atoms with Gasteiger partial charge >= 0.3 is 0 Å². The van der Waals surface area contributed by atoms with Gasteiger partial charge in [0.2, 0.25) is 0 Å². The van der Waals surface area contributed by atoms with Gasteiger partial charge in [-0.25, -0.2) is 4.39 Å². The zero-order valence-electron chi connectivity index (χ0n) is 12.4. The summed E-state index contributed by atoms with van der Waals surface area (Å²) in [5.74, 6) is -0.284. The van der Waals surface area contributed by atoms with Gasteiger partial charge in [0.05, 0.1) is 0 Å². The normalized spacial score (nSPS) is 20.2. The Bertz CT molecular complexity index is 597. The maximum Gasteiger partial charge on any atom is 0.165 e. The van der Waals surface area contributed by atoms with Gasteiger partial charge in [-0.2, -0.15) is 0 Å². The average Bonchev–Trinajstić information content (AvgIpc) is 2.47. The van der Waals surface area contributed by atoms with E-state index in [9.17, 15) is 4.39 Å². The van der Waals surface area contributed by atoms with Crippen LogP contribution in [0.4, 0.5) is 4.39 Å². The van der Waals surface area contributed by atoms with Crippen molar-refractivity contribution in [3.8, 4) is 0 Å². The van der Waals surface area contributed by atoms with E-state index in [0.717, 1.165) is 6.42 Å². The number of nitrogens with zero attached hydrogens (tertiary/aromatic N) is 1. The van der Waals surface area contributed by atoms with Crippen LogP contribution in [0.3, 0.4) is 0 Å². The van der Waals surface area contributed by atoms with Crippen molar-refractivity contribution in [3.05, 3.63) is 59.0 Å². The van der Waals surface area contributed by atoms with Gasteiger partial charge in [-0.3, -0.25) is 0 Å². The zero-order valence-corrected chi connectivity index (χ0v) is 13.9. The minimum atomic E-state index is -0.488. The molecule has 0 radical (unpaired) electrons. The van der Waals surface area contributed by atoms with Crippen LogP contribution < -0.4 is 11.1 Å². The van der Waals surface area contributed by atoms with Gasteiger partial charge in [0.15, 0.2) is 5.11 Å². The summed E-state index contributed by atoms with van der Waals surface area (Å²) in [6.45, 7) is 2.63. The molecule has 3 N–H and O–H groups in total. The van der Waals surface area contributed by atoms with Crippen LogP contribution in [-0.2, 0) is 6.42 Å². The Balaban J connectivity index is 2.18. The van der Waals surface area contributed by atoms with Crippen molar-refractivity contribution >= 4 is 28.9 Å². The zero-order chi connectivity index (χ0) is 16.2. The molecule has 1 aromatic carbocycles. The van der Waals surface area contributed by atoms with Crippen LogP contribution in [0.25, 0.3) is 0 Å². The fourth-order valence-corrected chi connectivity index (χ4v) is 3.04. The number of hydrogen-bond acceptors (Lipinski definition) is 2. The van der Waals surface area contributed by atoms with E-state index in [1.165, 1.54) is 6.07 Å². The van der Waals surface area contributed by atoms with Crippen molar-refractivity contribution in [1.82, 2.24) is 10.2 Å². The summed E-state index contributed by atoms with van der Waals surface area (Å²) in [4.78, 5) is 2.06. The van der Waals surface area contributed by atoms with Crippen LogP contribution in [-0.4, -0.2) is 22.2 Å². The molecule has 1 aliphatic heterocycles. The molecule has 1 atom stereocenters. The predicted octanol–water partition coefficient (Wildman–Crippen LogP) is 3.35. The molecule has 118 valence electrons. The largest absolute Gasteiger partial charge is 0.376 e. The maximum absolute atomic E-state index is 13.9. The highest BCUT2D eigenvalue weighted by molar-refractivity contribution is 7.80. The molecule has 3 nitrogen and oxygen atoms in total. The summed E-state index contributed by atoms with van der Waals surface area (Å²) in [6, 6.07) is 4.73. The summed E-state index contributed by atoms with van der Waals surface area (Å²) < 4.78 is 13.9. The van der Waals surface area contributed by atoms with Crippen LogP contribution in [0.2, 0.25) is 5.02 Å². The number of thiocarbonyl (C=S) groups is 1. The summed E-state index contributed by atoms with van der Waals surface area (Å²) in [5.41, 5.74) is 5.69. The van der Waals surface area contributed by atoms with Gasteiger partial charge in [0, 0.05) is 23.3 Å². The molecule has 0 fully saturated rings. The highest BCUT2D eigenvalue weighted by Gasteiger charge is 2.32. The molecular formula is C16H19ClFN3S. The average molecular weight is 340 g/mol. The lowest BCUT2D eigenvalue weighted by molar-refractivity contribution is 0.171. The molecule has 0 saturated carbocycles. The Morgan fingerprint density at radius 2 is 2.23 bits per heavy atom. The molecule has 0 amide bonds. The molecular weight excluding hydrogens is 321 g/mol. The van der Waals surface area contributed by atoms with Crippen LogP contribution in [0.5, 0.6) is 0 Å². The minimum absolute atomic E-state index is 0.232. The lowest BCUT2D eigenvalue weighted by atomic mass is 10.0. The topological polar surface area (TPSA) is 41.3 Å². The highest BCUT2D eigenvalue weighted by atomic mass is 35.5. The Hall–Kier alpha value is -1.59. The first-order valence-electron chi connectivity index (χ1n) is 7.12. The standard InChI is InChI=1S/C16H19ClFN3S/c1-2-16(20-15(19)22)9-3-4-10-21(16)11-8-12-13(17)6-5-7-14(12)18/h3-7,9-10H,2,8,11H2,1H3,(H3,19,20,22). The second-order valence-electron chi connectivity index (χ2n) is 5.11. The second-order valence-corrected chi connectivity index (χ2v) is 5.96. The molecule has 1 unspecified atom stereocenters. The highest BCUT2D eigenvalue weighted by Crippen LogP contribution is 2.25. The lowest BCUT2D eigenvalue weighted by Crippen LogP contribution is -2.59. The Kier molecular flexibility index (Phi) is 5.42. The second kappa shape index (κ2) is 7.11. The lowest BCUT2D eigenvalue weighted by Gasteiger charge is -2.43. The van der Waals surface area contributed by atoms with Crippen molar-refractivity contribution in [2.45, 2.75) is 25.4 Å². The van der Waals surface area contributed by atoms with E-state index in [0.29, 0.717) is 23.6 Å². The molecule has 1 aromatic rings. The number of hydrogen-bond donors (Lipinski definition) is 2. The number of rotatable bonds is 5. The maximum atomic E-state index is 13.9. The minimum Gasteiger partial charge on any atom is -0.376 e. The third-order valence-corrected chi connectivity index (χ3v) is 4.26. The smallest absolute Gasteiger partial charge is 0.165 e. The summed E-state index contributed by atoms with van der Waals surface area (Å²) in [6.07, 6.45) is 9.08. The van der Waals surface area contributed by atoms with Gasteiger partial charge < -0.3 is 16.0 Å². The predicted molar refractivity (Wildman–Crippen MR) is 93.0 cm³/mol. The number of halogens is 2. The fourth-order valence-electron chi connectivity index (χ4n) is 2.61. The first-order chi connectivity index (χ1) is 10.5. The van der Waals surface area contributed by atoms with E-state index < -0.39 is 5.66 Å². The number of nitrogens with two attached hydrogens (primary N) is 1. The molecule has 0 aromatic heterocycles. The van der Waals surface area contributed by atoms with E-state index in [-0.39, 0.29) is 10.9 Å². The van der Waals surface area contributed by atoms with E-state index in [2.05, 4.69) is 10.2 Å². The molecule has 2 rings (SSSR count). The van der Waals surface area contributed by atoms with Crippen LogP contribution >= 0.6 is 23.8 Å². The van der Waals surface area contributed by atoms with E-state index in [1.54, 1.807) is 12.1 Å². The number of nitrogens with one attached hydrogen (secondary N) is 1. The van der Waals surface area contributed by atoms with Crippen molar-refractivity contribution < 1.29 is 4.39 Å². The third kappa shape index (κ3) is 3.59.